The van der Waals surface area contributed by atoms with E-state index in [1.807, 2.05) is 60.7 Å². The highest BCUT2D eigenvalue weighted by atomic mass is 32.2. The molecular weight excluding hydrogens is 304 g/mol. The molecule has 2 aromatic rings. The summed E-state index contributed by atoms with van der Waals surface area (Å²) in [7, 11) is 0. The summed E-state index contributed by atoms with van der Waals surface area (Å²) in [4.78, 5) is 0. The normalized spacial score (nSPS) is 9.04. The molecule has 0 fully saturated rings. The van der Waals surface area contributed by atoms with Gasteiger partial charge in [-0.1, -0.05) is 60.1 Å². The van der Waals surface area contributed by atoms with Crippen LogP contribution in [-0.2, 0) is 0 Å². The Bertz CT molecular complexity index is 614. The second-order valence-corrected chi connectivity index (χ2v) is 5.39. The summed E-state index contributed by atoms with van der Waals surface area (Å²) in [5.74, 6) is 15.3. The first-order chi connectivity index (χ1) is 11.4. The monoisotopic (exact) mass is 322 g/mol. The standard InChI is InChI=1S/C20H18O2S/c1-3-11-19(12-4-1)21-15-7-9-17-23-18-10-8-16-22-20-13-5-2-6-14-20/h1-6,11-14H,15-18H2. The van der Waals surface area contributed by atoms with Crippen LogP contribution in [0.4, 0.5) is 0 Å². The van der Waals surface area contributed by atoms with Crippen molar-refractivity contribution in [3.63, 3.8) is 0 Å². The quantitative estimate of drug-likeness (QED) is 0.594. The number of thioether (sulfide) groups is 1. The van der Waals surface area contributed by atoms with E-state index in [0.29, 0.717) is 13.2 Å². The van der Waals surface area contributed by atoms with E-state index in [9.17, 15) is 0 Å². The number of benzene rings is 2. The number of hydrogen-bond acceptors (Lipinski definition) is 3. The van der Waals surface area contributed by atoms with Gasteiger partial charge in [0.2, 0.25) is 0 Å². The van der Waals surface area contributed by atoms with Crippen molar-refractivity contribution in [2.75, 3.05) is 24.7 Å². The van der Waals surface area contributed by atoms with E-state index in [1.54, 1.807) is 11.8 Å². The Hall–Kier alpha value is -2.49. The lowest BCUT2D eigenvalue weighted by Gasteiger charge is -1.99. The number of ether oxygens (including phenoxy) is 2. The third kappa shape index (κ3) is 7.90. The molecule has 0 aliphatic carbocycles. The molecule has 0 aromatic heterocycles. The molecule has 0 atom stereocenters. The highest BCUT2D eigenvalue weighted by Crippen LogP contribution is 2.08. The number of hydrogen-bond donors (Lipinski definition) is 0. The van der Waals surface area contributed by atoms with Crippen molar-refractivity contribution >= 4 is 11.8 Å². The van der Waals surface area contributed by atoms with Gasteiger partial charge in [0.1, 0.15) is 24.7 Å². The number of rotatable bonds is 6. The molecule has 0 amide bonds. The maximum atomic E-state index is 5.48. The van der Waals surface area contributed by atoms with Crippen molar-refractivity contribution in [1.82, 2.24) is 0 Å². The summed E-state index contributed by atoms with van der Waals surface area (Å²) in [6, 6.07) is 19.4. The average molecular weight is 322 g/mol. The van der Waals surface area contributed by atoms with E-state index < -0.39 is 0 Å². The first-order valence-electron chi connectivity index (χ1n) is 7.30. The van der Waals surface area contributed by atoms with Gasteiger partial charge in [-0.3, -0.25) is 0 Å². The van der Waals surface area contributed by atoms with Crippen LogP contribution in [0.15, 0.2) is 60.7 Å². The fourth-order valence-corrected chi connectivity index (χ4v) is 2.14. The van der Waals surface area contributed by atoms with Crippen LogP contribution in [0.1, 0.15) is 0 Å². The van der Waals surface area contributed by atoms with E-state index in [4.69, 9.17) is 9.47 Å². The summed E-state index contributed by atoms with van der Waals surface area (Å²) in [5.41, 5.74) is 0. The van der Waals surface area contributed by atoms with E-state index in [1.165, 1.54) is 0 Å². The summed E-state index contributed by atoms with van der Waals surface area (Å²) in [5, 5.41) is 0. The Morgan fingerprint density at radius 3 is 1.48 bits per heavy atom. The molecule has 0 radical (unpaired) electrons. The molecular formula is C20H18O2S. The Balaban J connectivity index is 1.50. The first-order valence-corrected chi connectivity index (χ1v) is 8.45. The Morgan fingerprint density at radius 1 is 0.609 bits per heavy atom. The predicted octanol–water partition coefficient (Wildman–Crippen LogP) is 3.88. The Kier molecular flexibility index (Phi) is 8.16. The van der Waals surface area contributed by atoms with Crippen LogP contribution >= 0.6 is 11.8 Å². The van der Waals surface area contributed by atoms with Gasteiger partial charge in [-0.15, -0.1) is 11.8 Å². The smallest absolute Gasteiger partial charge is 0.149 e. The van der Waals surface area contributed by atoms with Crippen molar-refractivity contribution in [3.8, 4) is 35.2 Å². The molecule has 0 heterocycles. The van der Waals surface area contributed by atoms with Crippen molar-refractivity contribution in [3.05, 3.63) is 60.7 Å². The zero-order valence-electron chi connectivity index (χ0n) is 12.8. The SMILES string of the molecule is C(#CCSCC#CCOc1ccccc1)COc1ccccc1. The van der Waals surface area contributed by atoms with Crippen molar-refractivity contribution < 1.29 is 9.47 Å². The molecule has 0 aliphatic heterocycles. The third-order valence-electron chi connectivity index (χ3n) is 2.71. The molecule has 0 aliphatic rings. The summed E-state index contributed by atoms with van der Waals surface area (Å²) >= 11 is 1.69. The average Bonchev–Trinajstić information content (AvgIpc) is 2.61. The lowest BCUT2D eigenvalue weighted by Crippen LogP contribution is -1.93. The lowest BCUT2D eigenvalue weighted by atomic mass is 10.3. The van der Waals surface area contributed by atoms with Crippen molar-refractivity contribution in [2.24, 2.45) is 0 Å². The molecule has 3 heteroatoms. The van der Waals surface area contributed by atoms with Crippen LogP contribution in [0, 0.1) is 23.7 Å². The summed E-state index contributed by atoms with van der Waals surface area (Å²) in [6.07, 6.45) is 0. The van der Waals surface area contributed by atoms with Gasteiger partial charge < -0.3 is 9.47 Å². The number of para-hydroxylation sites is 2. The van der Waals surface area contributed by atoms with Gasteiger partial charge in [-0.25, -0.2) is 0 Å². The molecule has 0 N–H and O–H groups in total. The molecule has 2 nitrogen and oxygen atoms in total. The molecule has 0 saturated carbocycles. The minimum absolute atomic E-state index is 0.418. The largest absolute Gasteiger partial charge is 0.481 e. The molecule has 0 unspecified atom stereocenters. The minimum atomic E-state index is 0.418. The van der Waals surface area contributed by atoms with Crippen LogP contribution < -0.4 is 9.47 Å². The minimum Gasteiger partial charge on any atom is -0.481 e. The van der Waals surface area contributed by atoms with Crippen LogP contribution in [0.2, 0.25) is 0 Å². The van der Waals surface area contributed by atoms with Gasteiger partial charge in [-0.2, -0.15) is 0 Å². The van der Waals surface area contributed by atoms with Crippen molar-refractivity contribution in [1.29, 1.82) is 0 Å². The topological polar surface area (TPSA) is 18.5 Å². The van der Waals surface area contributed by atoms with E-state index >= 15 is 0 Å². The fraction of sp³-hybridized carbons (Fsp3) is 0.200. The second-order valence-electron chi connectivity index (χ2n) is 4.40. The van der Waals surface area contributed by atoms with Crippen LogP contribution in [-0.4, -0.2) is 24.7 Å². The highest BCUT2D eigenvalue weighted by molar-refractivity contribution is 7.99. The maximum Gasteiger partial charge on any atom is 0.149 e. The maximum absolute atomic E-state index is 5.48. The van der Waals surface area contributed by atoms with Crippen LogP contribution in [0.25, 0.3) is 0 Å². The third-order valence-corrected chi connectivity index (χ3v) is 3.40. The Labute approximate surface area is 142 Å². The highest BCUT2D eigenvalue weighted by Gasteiger charge is 1.88. The fourth-order valence-electron chi connectivity index (χ4n) is 1.63. The first kappa shape index (κ1) is 16.9. The van der Waals surface area contributed by atoms with E-state index in [2.05, 4.69) is 23.7 Å². The zero-order valence-corrected chi connectivity index (χ0v) is 13.6. The lowest BCUT2D eigenvalue weighted by molar-refractivity contribution is 0.370. The molecule has 116 valence electrons. The molecule has 0 saturated heterocycles. The molecule has 2 aromatic carbocycles. The molecule has 0 spiro atoms. The van der Waals surface area contributed by atoms with Gasteiger partial charge in [0.25, 0.3) is 0 Å². The second kappa shape index (κ2) is 11.1. The van der Waals surface area contributed by atoms with E-state index in [0.717, 1.165) is 23.0 Å². The summed E-state index contributed by atoms with van der Waals surface area (Å²) in [6.45, 7) is 0.836. The molecule has 0 bridgehead atoms. The summed E-state index contributed by atoms with van der Waals surface area (Å²) < 4.78 is 11.0. The van der Waals surface area contributed by atoms with Crippen LogP contribution in [0.5, 0.6) is 11.5 Å². The van der Waals surface area contributed by atoms with Gasteiger partial charge >= 0.3 is 0 Å². The zero-order chi connectivity index (χ0) is 16.0. The van der Waals surface area contributed by atoms with Gasteiger partial charge in [0, 0.05) is 0 Å². The van der Waals surface area contributed by atoms with Gasteiger partial charge in [0.05, 0.1) is 11.5 Å². The Morgan fingerprint density at radius 2 is 1.04 bits per heavy atom. The molecule has 23 heavy (non-hydrogen) atoms. The predicted molar refractivity (Wildman–Crippen MR) is 96.8 cm³/mol. The van der Waals surface area contributed by atoms with Gasteiger partial charge in [0.15, 0.2) is 0 Å². The van der Waals surface area contributed by atoms with Crippen molar-refractivity contribution in [2.45, 2.75) is 0 Å². The van der Waals surface area contributed by atoms with Crippen LogP contribution in [0.3, 0.4) is 0 Å². The van der Waals surface area contributed by atoms with Gasteiger partial charge in [-0.05, 0) is 24.3 Å². The van der Waals surface area contributed by atoms with E-state index in [-0.39, 0.29) is 0 Å². The molecule has 2 rings (SSSR count).